The molecular formula is C27H27F2N3O3. The number of benzene rings is 2. The molecule has 0 saturated carbocycles. The summed E-state index contributed by atoms with van der Waals surface area (Å²) in [7, 11) is 1.50. The Bertz CT molecular complexity index is 1210. The Balaban J connectivity index is 1.45. The van der Waals surface area contributed by atoms with Gasteiger partial charge in [-0.3, -0.25) is 14.6 Å². The summed E-state index contributed by atoms with van der Waals surface area (Å²) >= 11 is 0. The fourth-order valence-electron chi connectivity index (χ4n) is 4.46. The van der Waals surface area contributed by atoms with E-state index in [0.29, 0.717) is 31.6 Å². The number of methoxy groups -OCH3 is 1. The number of hydrogen-bond acceptors (Lipinski definition) is 4. The summed E-state index contributed by atoms with van der Waals surface area (Å²) < 4.78 is 32.4. The third-order valence-electron chi connectivity index (χ3n) is 6.24. The molecular weight excluding hydrogens is 452 g/mol. The number of fused-ring (bicyclic) bond motifs is 1. The zero-order valence-corrected chi connectivity index (χ0v) is 19.7. The van der Waals surface area contributed by atoms with Gasteiger partial charge in [0.1, 0.15) is 11.6 Å². The highest BCUT2D eigenvalue weighted by molar-refractivity contribution is 5.82. The van der Waals surface area contributed by atoms with Gasteiger partial charge in [-0.05, 0) is 53.3 Å². The minimum Gasteiger partial charge on any atom is -0.367 e. The fraction of sp³-hybridized carbons (Fsp3) is 0.296. The van der Waals surface area contributed by atoms with Crippen molar-refractivity contribution in [1.29, 1.82) is 0 Å². The number of rotatable bonds is 7. The summed E-state index contributed by atoms with van der Waals surface area (Å²) in [5.41, 5.74) is 4.77. The van der Waals surface area contributed by atoms with E-state index in [4.69, 9.17) is 4.74 Å². The third kappa shape index (κ3) is 5.71. The third-order valence-corrected chi connectivity index (χ3v) is 6.24. The SMILES string of the molecule is CO[C@@H](C(=O)NCc1c(C)ncc2c1CCN(C(=O)Cc1cc(F)cc(F)c1)C2)c1ccccc1. The number of nitrogens with zero attached hydrogens (tertiary/aromatic N) is 2. The van der Waals surface area contributed by atoms with Crippen molar-refractivity contribution in [2.24, 2.45) is 0 Å². The predicted octanol–water partition coefficient (Wildman–Crippen LogP) is 3.80. The number of carbonyl (C=O) groups is 2. The minimum absolute atomic E-state index is 0.0793. The van der Waals surface area contributed by atoms with E-state index in [1.54, 1.807) is 11.1 Å². The molecule has 0 bridgehead atoms. The topological polar surface area (TPSA) is 71.5 Å². The van der Waals surface area contributed by atoms with Crippen LogP contribution in [0.25, 0.3) is 0 Å². The molecule has 0 radical (unpaired) electrons. The van der Waals surface area contributed by atoms with E-state index < -0.39 is 17.7 Å². The maximum Gasteiger partial charge on any atom is 0.254 e. The molecule has 0 aliphatic carbocycles. The quantitative estimate of drug-likeness (QED) is 0.560. The van der Waals surface area contributed by atoms with Crippen LogP contribution >= 0.6 is 0 Å². The van der Waals surface area contributed by atoms with Crippen LogP contribution in [0.1, 0.15) is 39.6 Å². The Hall–Kier alpha value is -3.65. The second-order valence-electron chi connectivity index (χ2n) is 8.59. The molecule has 2 aromatic carbocycles. The number of amides is 2. The number of carbonyl (C=O) groups excluding carboxylic acids is 2. The van der Waals surface area contributed by atoms with E-state index in [-0.39, 0.29) is 18.2 Å². The molecule has 1 aromatic heterocycles. The molecule has 182 valence electrons. The highest BCUT2D eigenvalue weighted by atomic mass is 19.1. The predicted molar refractivity (Wildman–Crippen MR) is 126 cm³/mol. The van der Waals surface area contributed by atoms with Gasteiger partial charge >= 0.3 is 0 Å². The number of hydrogen-bond donors (Lipinski definition) is 1. The summed E-state index contributed by atoms with van der Waals surface area (Å²) in [6.45, 7) is 3.01. The lowest BCUT2D eigenvalue weighted by Crippen LogP contribution is -2.38. The Morgan fingerprint density at radius 1 is 1.14 bits per heavy atom. The number of aromatic nitrogens is 1. The van der Waals surface area contributed by atoms with E-state index >= 15 is 0 Å². The molecule has 6 nitrogen and oxygen atoms in total. The van der Waals surface area contributed by atoms with Crippen LogP contribution in [0.15, 0.2) is 54.7 Å². The zero-order chi connectivity index (χ0) is 24.9. The summed E-state index contributed by atoms with van der Waals surface area (Å²) in [5, 5.41) is 2.96. The van der Waals surface area contributed by atoms with Crippen LogP contribution in [0.2, 0.25) is 0 Å². The monoisotopic (exact) mass is 479 g/mol. The van der Waals surface area contributed by atoms with Gasteiger partial charge in [-0.25, -0.2) is 8.78 Å². The first-order chi connectivity index (χ1) is 16.9. The van der Waals surface area contributed by atoms with Gasteiger partial charge in [0, 0.05) is 44.7 Å². The second kappa shape index (κ2) is 10.7. The van der Waals surface area contributed by atoms with Crippen LogP contribution in [-0.2, 0) is 40.3 Å². The molecule has 2 amide bonds. The van der Waals surface area contributed by atoms with Crippen molar-refractivity contribution in [1.82, 2.24) is 15.2 Å². The maximum atomic E-state index is 13.5. The fourth-order valence-corrected chi connectivity index (χ4v) is 4.46. The van der Waals surface area contributed by atoms with Gasteiger partial charge in [-0.15, -0.1) is 0 Å². The van der Waals surface area contributed by atoms with Crippen molar-refractivity contribution < 1.29 is 23.1 Å². The van der Waals surface area contributed by atoms with Crippen LogP contribution < -0.4 is 5.32 Å². The zero-order valence-electron chi connectivity index (χ0n) is 19.7. The summed E-state index contributed by atoms with van der Waals surface area (Å²) in [4.78, 5) is 31.8. The van der Waals surface area contributed by atoms with Crippen LogP contribution in [0.3, 0.4) is 0 Å². The minimum atomic E-state index is -0.718. The molecule has 0 unspecified atom stereocenters. The number of aryl methyl sites for hydroxylation is 1. The number of ether oxygens (including phenoxy) is 1. The van der Waals surface area contributed by atoms with E-state index in [9.17, 15) is 18.4 Å². The van der Waals surface area contributed by atoms with Crippen molar-refractivity contribution in [2.75, 3.05) is 13.7 Å². The first-order valence-corrected chi connectivity index (χ1v) is 11.4. The number of nitrogens with one attached hydrogen (secondary N) is 1. The molecule has 2 heterocycles. The molecule has 1 atom stereocenters. The summed E-state index contributed by atoms with van der Waals surface area (Å²) in [6, 6.07) is 12.4. The first-order valence-electron chi connectivity index (χ1n) is 11.4. The van der Waals surface area contributed by atoms with Gasteiger partial charge in [0.2, 0.25) is 5.91 Å². The van der Waals surface area contributed by atoms with E-state index in [2.05, 4.69) is 10.3 Å². The molecule has 1 aliphatic rings. The molecule has 0 fully saturated rings. The van der Waals surface area contributed by atoms with Crippen molar-refractivity contribution in [3.63, 3.8) is 0 Å². The average molecular weight is 480 g/mol. The van der Waals surface area contributed by atoms with E-state index in [1.807, 2.05) is 37.3 Å². The standard InChI is InChI=1S/C27H27F2N3O3/c1-17-24(15-31-27(34)26(35-2)19-6-4-3-5-7-19)23-8-9-32(16-20(23)14-30-17)25(33)12-18-10-21(28)13-22(29)11-18/h3-7,10-11,13-14,26H,8-9,12,15-16H2,1-2H3,(H,31,34)/t26-/m1/s1. The maximum absolute atomic E-state index is 13.5. The molecule has 35 heavy (non-hydrogen) atoms. The molecule has 1 N–H and O–H groups in total. The normalized spacial score (nSPS) is 13.8. The summed E-state index contributed by atoms with van der Waals surface area (Å²) in [5.74, 6) is -1.86. The van der Waals surface area contributed by atoms with Gasteiger partial charge < -0.3 is 15.0 Å². The van der Waals surface area contributed by atoms with E-state index in [0.717, 1.165) is 34.0 Å². The molecule has 1 aliphatic heterocycles. The Kier molecular flexibility index (Phi) is 7.51. The lowest BCUT2D eigenvalue weighted by atomic mass is 9.94. The smallest absolute Gasteiger partial charge is 0.254 e. The van der Waals surface area contributed by atoms with E-state index in [1.165, 1.54) is 19.2 Å². The van der Waals surface area contributed by atoms with Crippen molar-refractivity contribution in [3.05, 3.63) is 99.9 Å². The number of pyridine rings is 1. The molecule has 0 spiro atoms. The van der Waals surface area contributed by atoms with Crippen LogP contribution in [0, 0.1) is 18.6 Å². The lowest BCUT2D eigenvalue weighted by molar-refractivity contribution is -0.132. The van der Waals surface area contributed by atoms with Gasteiger partial charge in [-0.2, -0.15) is 0 Å². The molecule has 4 rings (SSSR count). The summed E-state index contributed by atoms with van der Waals surface area (Å²) in [6.07, 6.45) is 1.55. The largest absolute Gasteiger partial charge is 0.367 e. The molecule has 0 saturated heterocycles. The van der Waals surface area contributed by atoms with Gasteiger partial charge in [0.15, 0.2) is 6.10 Å². The van der Waals surface area contributed by atoms with Crippen molar-refractivity contribution in [3.8, 4) is 0 Å². The average Bonchev–Trinajstić information content (AvgIpc) is 2.83. The van der Waals surface area contributed by atoms with Crippen molar-refractivity contribution in [2.45, 2.75) is 39.0 Å². The van der Waals surface area contributed by atoms with Gasteiger partial charge in [0.05, 0.1) is 6.42 Å². The van der Waals surface area contributed by atoms with Crippen LogP contribution in [0.5, 0.6) is 0 Å². The molecule has 3 aromatic rings. The lowest BCUT2D eigenvalue weighted by Gasteiger charge is -2.31. The Morgan fingerprint density at radius 2 is 1.86 bits per heavy atom. The highest BCUT2D eigenvalue weighted by Crippen LogP contribution is 2.25. The second-order valence-corrected chi connectivity index (χ2v) is 8.59. The van der Waals surface area contributed by atoms with Gasteiger partial charge in [0.25, 0.3) is 5.91 Å². The van der Waals surface area contributed by atoms with Crippen molar-refractivity contribution >= 4 is 11.8 Å². The Labute approximate surface area is 202 Å². The first kappa shape index (κ1) is 24.5. The van der Waals surface area contributed by atoms with Gasteiger partial charge in [-0.1, -0.05) is 30.3 Å². The van der Waals surface area contributed by atoms with Crippen LogP contribution in [0.4, 0.5) is 8.78 Å². The highest BCUT2D eigenvalue weighted by Gasteiger charge is 2.25. The van der Waals surface area contributed by atoms with Crippen LogP contribution in [-0.4, -0.2) is 35.4 Å². The molecule has 8 heteroatoms. The Morgan fingerprint density at radius 3 is 2.54 bits per heavy atom. The number of halogens is 2.